The molecule has 0 aliphatic rings. The van der Waals surface area contributed by atoms with E-state index in [0.717, 1.165) is 0 Å². The largest absolute Gasteiger partial charge is 0.506 e. The third-order valence-electron chi connectivity index (χ3n) is 2.37. The molecule has 18 heavy (non-hydrogen) atoms. The molecule has 0 atom stereocenters. The molecule has 0 aliphatic heterocycles. The summed E-state index contributed by atoms with van der Waals surface area (Å²) in [6.07, 6.45) is 0. The maximum atomic E-state index is 12.9. The number of phenolic OH excluding ortho intramolecular Hbond substituents is 1. The van der Waals surface area contributed by atoms with Crippen LogP contribution in [0, 0.1) is 5.82 Å². The normalized spacial score (nSPS) is 10.1. The van der Waals surface area contributed by atoms with Crippen LogP contribution in [0.5, 0.6) is 5.75 Å². The van der Waals surface area contributed by atoms with E-state index in [9.17, 15) is 14.3 Å². The molecule has 4 nitrogen and oxygen atoms in total. The zero-order valence-electron chi connectivity index (χ0n) is 9.35. The Hall–Kier alpha value is -2.56. The van der Waals surface area contributed by atoms with Gasteiger partial charge in [0.05, 0.1) is 5.69 Å². The SMILES string of the molecule is Nc1cc(C(=O)Nc2cccc(F)c2)ccc1O. The van der Waals surface area contributed by atoms with E-state index in [-0.39, 0.29) is 17.0 Å². The van der Waals surface area contributed by atoms with Crippen LogP contribution in [-0.2, 0) is 0 Å². The van der Waals surface area contributed by atoms with Crippen LogP contribution in [0.2, 0.25) is 0 Å². The lowest BCUT2D eigenvalue weighted by molar-refractivity contribution is 0.102. The van der Waals surface area contributed by atoms with Crippen LogP contribution in [0.4, 0.5) is 15.8 Å². The molecule has 2 aromatic rings. The highest BCUT2D eigenvalue weighted by Gasteiger charge is 2.08. The fourth-order valence-electron chi connectivity index (χ4n) is 1.47. The predicted molar refractivity (Wildman–Crippen MR) is 66.9 cm³/mol. The maximum Gasteiger partial charge on any atom is 0.255 e. The van der Waals surface area contributed by atoms with E-state index < -0.39 is 11.7 Å². The summed E-state index contributed by atoms with van der Waals surface area (Å²) in [5.41, 5.74) is 6.24. The van der Waals surface area contributed by atoms with Crippen molar-refractivity contribution in [2.45, 2.75) is 0 Å². The lowest BCUT2D eigenvalue weighted by Gasteiger charge is -2.06. The van der Waals surface area contributed by atoms with E-state index >= 15 is 0 Å². The number of hydrogen-bond acceptors (Lipinski definition) is 3. The van der Waals surface area contributed by atoms with Gasteiger partial charge in [-0.3, -0.25) is 4.79 Å². The Morgan fingerprint density at radius 1 is 1.22 bits per heavy atom. The molecule has 2 rings (SSSR count). The van der Waals surface area contributed by atoms with Gasteiger partial charge in [0.15, 0.2) is 0 Å². The Kier molecular flexibility index (Phi) is 3.14. The van der Waals surface area contributed by atoms with Crippen molar-refractivity contribution in [1.82, 2.24) is 0 Å². The Balaban J connectivity index is 2.19. The maximum absolute atomic E-state index is 12.9. The highest BCUT2D eigenvalue weighted by molar-refractivity contribution is 6.04. The van der Waals surface area contributed by atoms with Crippen LogP contribution < -0.4 is 11.1 Å². The number of benzene rings is 2. The zero-order valence-corrected chi connectivity index (χ0v) is 9.35. The second-order valence-corrected chi connectivity index (χ2v) is 3.74. The molecule has 5 heteroatoms. The van der Waals surface area contributed by atoms with Gasteiger partial charge >= 0.3 is 0 Å². The summed E-state index contributed by atoms with van der Waals surface area (Å²) < 4.78 is 12.9. The number of nitrogen functional groups attached to an aromatic ring is 1. The average Bonchev–Trinajstić information content (AvgIpc) is 2.32. The number of carbonyl (C=O) groups is 1. The zero-order chi connectivity index (χ0) is 13.1. The molecule has 0 fully saturated rings. The van der Waals surface area contributed by atoms with Crippen molar-refractivity contribution in [2.24, 2.45) is 0 Å². The fourth-order valence-corrected chi connectivity index (χ4v) is 1.47. The molecule has 0 radical (unpaired) electrons. The first-order chi connectivity index (χ1) is 8.56. The predicted octanol–water partition coefficient (Wildman–Crippen LogP) is 2.37. The van der Waals surface area contributed by atoms with Gasteiger partial charge in [-0.25, -0.2) is 4.39 Å². The lowest BCUT2D eigenvalue weighted by atomic mass is 10.1. The second kappa shape index (κ2) is 4.75. The van der Waals surface area contributed by atoms with Gasteiger partial charge in [0.2, 0.25) is 0 Å². The number of carbonyl (C=O) groups excluding carboxylic acids is 1. The third kappa shape index (κ3) is 2.57. The van der Waals surface area contributed by atoms with Gasteiger partial charge in [-0.15, -0.1) is 0 Å². The lowest BCUT2D eigenvalue weighted by Crippen LogP contribution is -2.12. The minimum absolute atomic E-state index is 0.0858. The molecule has 0 unspecified atom stereocenters. The molecule has 92 valence electrons. The molecule has 0 saturated carbocycles. The fraction of sp³-hybridized carbons (Fsp3) is 0. The first-order valence-electron chi connectivity index (χ1n) is 5.21. The molecule has 0 heterocycles. The highest BCUT2D eigenvalue weighted by Crippen LogP contribution is 2.21. The minimum Gasteiger partial charge on any atom is -0.506 e. The van der Waals surface area contributed by atoms with E-state index in [1.807, 2.05) is 0 Å². The topological polar surface area (TPSA) is 75.4 Å². The van der Waals surface area contributed by atoms with Crippen molar-refractivity contribution < 1.29 is 14.3 Å². The smallest absolute Gasteiger partial charge is 0.255 e. The van der Waals surface area contributed by atoms with Gasteiger partial charge in [0.25, 0.3) is 5.91 Å². The first-order valence-corrected chi connectivity index (χ1v) is 5.21. The molecule has 2 aromatic carbocycles. The van der Waals surface area contributed by atoms with Crippen molar-refractivity contribution in [3.63, 3.8) is 0 Å². The van der Waals surface area contributed by atoms with Crippen molar-refractivity contribution >= 4 is 17.3 Å². The van der Waals surface area contributed by atoms with E-state index in [1.54, 1.807) is 6.07 Å². The molecular weight excluding hydrogens is 235 g/mol. The molecule has 1 amide bonds. The molecule has 0 aliphatic carbocycles. The number of anilines is 2. The van der Waals surface area contributed by atoms with Crippen molar-refractivity contribution in [2.75, 3.05) is 11.1 Å². The van der Waals surface area contributed by atoms with Crippen molar-refractivity contribution in [3.8, 4) is 5.75 Å². The van der Waals surface area contributed by atoms with Gasteiger partial charge in [-0.05, 0) is 36.4 Å². The number of phenols is 1. The Bertz CT molecular complexity index is 599. The van der Waals surface area contributed by atoms with Crippen LogP contribution in [-0.4, -0.2) is 11.0 Å². The molecule has 0 saturated heterocycles. The van der Waals surface area contributed by atoms with Gasteiger partial charge < -0.3 is 16.2 Å². The number of aromatic hydroxyl groups is 1. The number of amides is 1. The van der Waals surface area contributed by atoms with Crippen LogP contribution in [0.25, 0.3) is 0 Å². The van der Waals surface area contributed by atoms with Crippen LogP contribution in [0.15, 0.2) is 42.5 Å². The summed E-state index contributed by atoms with van der Waals surface area (Å²) in [5, 5.41) is 11.8. The first kappa shape index (κ1) is 11.9. The molecule has 0 aromatic heterocycles. The van der Waals surface area contributed by atoms with Crippen molar-refractivity contribution in [3.05, 3.63) is 53.8 Å². The van der Waals surface area contributed by atoms with Gasteiger partial charge in [-0.1, -0.05) is 6.07 Å². The number of hydrogen-bond donors (Lipinski definition) is 3. The van der Waals surface area contributed by atoms with E-state index in [1.165, 1.54) is 36.4 Å². The monoisotopic (exact) mass is 246 g/mol. The summed E-state index contributed by atoms with van der Waals surface area (Å²) in [6, 6.07) is 9.68. The minimum atomic E-state index is -0.432. The summed E-state index contributed by atoms with van der Waals surface area (Å²) in [6.45, 7) is 0. The quantitative estimate of drug-likeness (QED) is 0.562. The summed E-state index contributed by atoms with van der Waals surface area (Å²) in [7, 11) is 0. The summed E-state index contributed by atoms with van der Waals surface area (Å²) in [5.74, 6) is -0.942. The number of nitrogens with one attached hydrogen (secondary N) is 1. The van der Waals surface area contributed by atoms with E-state index in [2.05, 4.69) is 5.32 Å². The number of halogens is 1. The van der Waals surface area contributed by atoms with Gasteiger partial charge in [0, 0.05) is 11.3 Å². The number of rotatable bonds is 2. The Labute approximate surface area is 103 Å². The number of nitrogens with two attached hydrogens (primary N) is 1. The average molecular weight is 246 g/mol. The van der Waals surface area contributed by atoms with Crippen LogP contribution in [0.3, 0.4) is 0 Å². The molecule has 0 bridgehead atoms. The molecule has 4 N–H and O–H groups in total. The van der Waals surface area contributed by atoms with Crippen LogP contribution >= 0.6 is 0 Å². The Morgan fingerprint density at radius 2 is 2.00 bits per heavy atom. The van der Waals surface area contributed by atoms with E-state index in [0.29, 0.717) is 5.69 Å². The third-order valence-corrected chi connectivity index (χ3v) is 2.37. The summed E-state index contributed by atoms with van der Waals surface area (Å²) >= 11 is 0. The molecular formula is C13H11FN2O2. The standard InChI is InChI=1S/C13H11FN2O2/c14-9-2-1-3-10(7-9)16-13(18)8-4-5-12(17)11(15)6-8/h1-7,17H,15H2,(H,16,18). The Morgan fingerprint density at radius 3 is 2.67 bits per heavy atom. The highest BCUT2D eigenvalue weighted by atomic mass is 19.1. The second-order valence-electron chi connectivity index (χ2n) is 3.74. The van der Waals surface area contributed by atoms with Gasteiger partial charge in [0.1, 0.15) is 11.6 Å². The van der Waals surface area contributed by atoms with Crippen molar-refractivity contribution in [1.29, 1.82) is 0 Å². The molecule has 0 spiro atoms. The summed E-state index contributed by atoms with van der Waals surface area (Å²) in [4.78, 5) is 11.8. The van der Waals surface area contributed by atoms with E-state index in [4.69, 9.17) is 5.73 Å². The van der Waals surface area contributed by atoms with Gasteiger partial charge in [-0.2, -0.15) is 0 Å². The van der Waals surface area contributed by atoms with Crippen LogP contribution in [0.1, 0.15) is 10.4 Å².